The maximum atomic E-state index is 5.96. The largest absolute Gasteiger partial charge is 0.478 e. The molecule has 0 aliphatic carbocycles. The number of aromatic nitrogens is 2. The zero-order valence-corrected chi connectivity index (χ0v) is 13.5. The molecular weight excluding hydrogens is 284 g/mol. The van der Waals surface area contributed by atoms with Crippen LogP contribution in [0.2, 0.25) is 5.02 Å². The van der Waals surface area contributed by atoms with Crippen molar-refractivity contribution in [1.29, 1.82) is 0 Å². The van der Waals surface area contributed by atoms with Crippen LogP contribution in [0.15, 0.2) is 36.8 Å². The van der Waals surface area contributed by atoms with Crippen LogP contribution in [0.25, 0.3) is 0 Å². The van der Waals surface area contributed by atoms with E-state index in [1.54, 1.807) is 6.20 Å². The summed E-state index contributed by atoms with van der Waals surface area (Å²) in [5, 5.41) is 0.672. The smallest absolute Gasteiger partial charge is 0.213 e. The predicted octanol–water partition coefficient (Wildman–Crippen LogP) is 4.83. The average Bonchev–Trinajstić information content (AvgIpc) is 2.47. The van der Waals surface area contributed by atoms with Crippen LogP contribution in [0, 0.1) is 0 Å². The lowest BCUT2D eigenvalue weighted by Crippen LogP contribution is -2.04. The Morgan fingerprint density at radius 3 is 2.52 bits per heavy atom. The third kappa shape index (κ3) is 4.71. The summed E-state index contributed by atoms with van der Waals surface area (Å²) >= 11 is 5.96. The molecule has 0 fully saturated rings. The highest BCUT2D eigenvalue weighted by atomic mass is 35.5. The van der Waals surface area contributed by atoms with Crippen molar-refractivity contribution >= 4 is 11.6 Å². The highest BCUT2D eigenvalue weighted by Gasteiger charge is 2.07. The Kier molecular flexibility index (Phi) is 5.57. The van der Waals surface area contributed by atoms with E-state index < -0.39 is 0 Å². The quantitative estimate of drug-likeness (QED) is 0.767. The van der Waals surface area contributed by atoms with Crippen LogP contribution in [0.1, 0.15) is 50.2 Å². The van der Waals surface area contributed by atoms with Gasteiger partial charge in [-0.05, 0) is 35.4 Å². The molecule has 0 spiro atoms. The first kappa shape index (κ1) is 15.8. The predicted molar refractivity (Wildman–Crippen MR) is 86.1 cm³/mol. The molecule has 2 rings (SSSR count). The molecule has 4 heteroatoms. The summed E-state index contributed by atoms with van der Waals surface area (Å²) < 4.78 is 5.70. The molecule has 2 aromatic rings. The summed E-state index contributed by atoms with van der Waals surface area (Å²) in [5.74, 6) is 1.52. The van der Waals surface area contributed by atoms with Gasteiger partial charge in [0, 0.05) is 24.7 Å². The van der Waals surface area contributed by atoms with Crippen molar-refractivity contribution in [2.75, 3.05) is 6.61 Å². The van der Waals surface area contributed by atoms with Crippen LogP contribution in [0.5, 0.6) is 5.88 Å². The van der Waals surface area contributed by atoms with Gasteiger partial charge in [0.05, 0.1) is 11.6 Å². The number of halogens is 1. The lowest BCUT2D eigenvalue weighted by molar-refractivity contribution is 0.289. The second kappa shape index (κ2) is 7.41. The van der Waals surface area contributed by atoms with Gasteiger partial charge in [0.15, 0.2) is 0 Å². The fourth-order valence-corrected chi connectivity index (χ4v) is 2.21. The van der Waals surface area contributed by atoms with Gasteiger partial charge < -0.3 is 4.74 Å². The summed E-state index contributed by atoms with van der Waals surface area (Å²) in [4.78, 5) is 8.44. The summed E-state index contributed by atoms with van der Waals surface area (Å²) in [6.45, 7) is 7.07. The van der Waals surface area contributed by atoms with Gasteiger partial charge in [-0.2, -0.15) is 0 Å². The second-order valence-electron chi connectivity index (χ2n) is 5.56. The first-order valence-corrected chi connectivity index (χ1v) is 7.63. The summed E-state index contributed by atoms with van der Waals surface area (Å²) in [6.07, 6.45) is 6.28. The molecule has 3 nitrogen and oxygen atoms in total. The van der Waals surface area contributed by atoms with Gasteiger partial charge in [0.25, 0.3) is 0 Å². The molecule has 21 heavy (non-hydrogen) atoms. The van der Waals surface area contributed by atoms with Crippen molar-refractivity contribution in [3.8, 4) is 5.88 Å². The molecule has 0 saturated carbocycles. The van der Waals surface area contributed by atoms with Crippen LogP contribution >= 0.6 is 11.6 Å². The number of hydrogen-bond donors (Lipinski definition) is 0. The van der Waals surface area contributed by atoms with E-state index in [4.69, 9.17) is 16.3 Å². The molecule has 0 bridgehead atoms. The van der Waals surface area contributed by atoms with Crippen LogP contribution < -0.4 is 4.74 Å². The molecule has 1 atom stereocenters. The SMILES string of the molecule is CC(C)c1ccc(OCC[C@H](C)c2cncc(Cl)c2)nc1. The van der Waals surface area contributed by atoms with Gasteiger partial charge in [-0.15, -0.1) is 0 Å². The highest BCUT2D eigenvalue weighted by molar-refractivity contribution is 6.30. The number of rotatable bonds is 6. The van der Waals surface area contributed by atoms with Crippen LogP contribution in [-0.4, -0.2) is 16.6 Å². The molecule has 0 aliphatic rings. The molecule has 0 radical (unpaired) electrons. The van der Waals surface area contributed by atoms with E-state index in [2.05, 4.69) is 36.8 Å². The van der Waals surface area contributed by atoms with Gasteiger partial charge in [-0.25, -0.2) is 4.98 Å². The van der Waals surface area contributed by atoms with Crippen molar-refractivity contribution in [2.24, 2.45) is 0 Å². The second-order valence-corrected chi connectivity index (χ2v) is 6.00. The van der Waals surface area contributed by atoms with Crippen molar-refractivity contribution in [2.45, 2.75) is 39.0 Å². The maximum absolute atomic E-state index is 5.96. The van der Waals surface area contributed by atoms with E-state index in [1.165, 1.54) is 5.56 Å². The first-order valence-electron chi connectivity index (χ1n) is 7.25. The molecule has 0 aliphatic heterocycles. The Morgan fingerprint density at radius 1 is 1.10 bits per heavy atom. The minimum Gasteiger partial charge on any atom is -0.478 e. The lowest BCUT2D eigenvalue weighted by Gasteiger charge is -2.12. The number of ether oxygens (including phenoxy) is 1. The maximum Gasteiger partial charge on any atom is 0.213 e. The van der Waals surface area contributed by atoms with Crippen LogP contribution in [0.4, 0.5) is 0 Å². The number of nitrogens with zero attached hydrogens (tertiary/aromatic N) is 2. The lowest BCUT2D eigenvalue weighted by atomic mass is 10.0. The molecule has 2 aromatic heterocycles. The molecular formula is C17H21ClN2O. The molecule has 0 aromatic carbocycles. The Hall–Kier alpha value is -1.61. The van der Waals surface area contributed by atoms with E-state index in [1.807, 2.05) is 24.5 Å². The third-order valence-corrected chi connectivity index (χ3v) is 3.73. The van der Waals surface area contributed by atoms with Crippen molar-refractivity contribution in [3.05, 3.63) is 52.9 Å². The average molecular weight is 305 g/mol. The molecule has 2 heterocycles. The zero-order chi connectivity index (χ0) is 15.2. The Morgan fingerprint density at radius 2 is 1.90 bits per heavy atom. The molecule has 0 N–H and O–H groups in total. The Bertz CT molecular complexity index is 569. The van der Waals surface area contributed by atoms with Gasteiger partial charge in [0.1, 0.15) is 0 Å². The normalized spacial score (nSPS) is 12.4. The fraction of sp³-hybridized carbons (Fsp3) is 0.412. The summed E-state index contributed by atoms with van der Waals surface area (Å²) in [7, 11) is 0. The van der Waals surface area contributed by atoms with E-state index >= 15 is 0 Å². The minimum absolute atomic E-state index is 0.353. The topological polar surface area (TPSA) is 35.0 Å². The van der Waals surface area contributed by atoms with E-state index in [0.29, 0.717) is 29.3 Å². The molecule has 0 unspecified atom stereocenters. The number of hydrogen-bond acceptors (Lipinski definition) is 3. The highest BCUT2D eigenvalue weighted by Crippen LogP contribution is 2.21. The first-order chi connectivity index (χ1) is 10.1. The van der Waals surface area contributed by atoms with Crippen molar-refractivity contribution in [3.63, 3.8) is 0 Å². The zero-order valence-electron chi connectivity index (χ0n) is 12.7. The van der Waals surface area contributed by atoms with Gasteiger partial charge in [-0.3, -0.25) is 4.98 Å². The van der Waals surface area contributed by atoms with E-state index in [9.17, 15) is 0 Å². The third-order valence-electron chi connectivity index (χ3n) is 3.52. The Labute approximate surface area is 131 Å². The van der Waals surface area contributed by atoms with Crippen molar-refractivity contribution in [1.82, 2.24) is 9.97 Å². The van der Waals surface area contributed by atoms with Crippen LogP contribution in [0.3, 0.4) is 0 Å². The van der Waals surface area contributed by atoms with Crippen molar-refractivity contribution < 1.29 is 4.74 Å². The summed E-state index contributed by atoms with van der Waals surface area (Å²) in [5.41, 5.74) is 2.36. The molecule has 112 valence electrons. The number of pyridine rings is 2. The molecule has 0 amide bonds. The monoisotopic (exact) mass is 304 g/mol. The molecule has 0 saturated heterocycles. The fourth-order valence-electron chi connectivity index (χ4n) is 2.02. The van der Waals surface area contributed by atoms with Gasteiger partial charge in [-0.1, -0.05) is 38.4 Å². The van der Waals surface area contributed by atoms with E-state index in [-0.39, 0.29) is 0 Å². The van der Waals surface area contributed by atoms with Gasteiger partial charge >= 0.3 is 0 Å². The summed E-state index contributed by atoms with van der Waals surface area (Å²) in [6, 6.07) is 5.95. The standard InChI is InChI=1S/C17H21ClN2O/c1-12(2)14-4-5-17(20-10-14)21-7-6-13(3)15-8-16(18)11-19-9-15/h4-5,8-13H,6-7H2,1-3H3/t13-/m0/s1. The Balaban J connectivity index is 1.83. The van der Waals surface area contributed by atoms with E-state index in [0.717, 1.165) is 12.0 Å². The van der Waals surface area contributed by atoms with Crippen LogP contribution in [-0.2, 0) is 0 Å². The minimum atomic E-state index is 0.353. The van der Waals surface area contributed by atoms with Gasteiger partial charge in [0.2, 0.25) is 5.88 Å².